The van der Waals surface area contributed by atoms with Crippen LogP contribution in [0.2, 0.25) is 0 Å². The quantitative estimate of drug-likeness (QED) is 0.737. The van der Waals surface area contributed by atoms with Crippen molar-refractivity contribution in [3.63, 3.8) is 0 Å². The van der Waals surface area contributed by atoms with Crippen LogP contribution in [0, 0.1) is 18.6 Å². The molecule has 0 N–H and O–H groups in total. The highest BCUT2D eigenvalue weighted by molar-refractivity contribution is 5.79. The second-order valence-corrected chi connectivity index (χ2v) is 3.92. The van der Waals surface area contributed by atoms with Gasteiger partial charge in [0.05, 0.1) is 0 Å². The van der Waals surface area contributed by atoms with Crippen molar-refractivity contribution < 1.29 is 8.78 Å². The molecule has 0 nitrogen and oxygen atoms in total. The summed E-state index contributed by atoms with van der Waals surface area (Å²) in [5, 5.41) is 0. The van der Waals surface area contributed by atoms with Gasteiger partial charge in [-0.25, -0.2) is 8.78 Å². The standard InChI is InChI=1S/C16H13F2/c1-2-3-16(12-4-8-14(17)9-5-12)13-6-10-15(18)11-7-13/h3-11H,1-2H2. The summed E-state index contributed by atoms with van der Waals surface area (Å²) in [7, 11) is 0. The molecule has 0 fully saturated rings. The van der Waals surface area contributed by atoms with Gasteiger partial charge in [0.1, 0.15) is 11.6 Å². The monoisotopic (exact) mass is 243 g/mol. The first kappa shape index (κ1) is 12.5. The Morgan fingerprint density at radius 3 is 1.56 bits per heavy atom. The van der Waals surface area contributed by atoms with Crippen LogP contribution in [0.25, 0.3) is 5.57 Å². The van der Waals surface area contributed by atoms with Crippen molar-refractivity contribution >= 4 is 5.57 Å². The van der Waals surface area contributed by atoms with Crippen molar-refractivity contribution in [1.82, 2.24) is 0 Å². The highest BCUT2D eigenvalue weighted by Gasteiger charge is 2.05. The van der Waals surface area contributed by atoms with E-state index in [9.17, 15) is 8.78 Å². The van der Waals surface area contributed by atoms with Crippen LogP contribution in [0.3, 0.4) is 0 Å². The molecule has 91 valence electrons. The van der Waals surface area contributed by atoms with E-state index in [4.69, 9.17) is 0 Å². The van der Waals surface area contributed by atoms with Crippen LogP contribution in [0.15, 0.2) is 54.6 Å². The van der Waals surface area contributed by atoms with Crippen molar-refractivity contribution in [2.45, 2.75) is 6.42 Å². The predicted octanol–water partition coefficient (Wildman–Crippen LogP) is 4.62. The van der Waals surface area contributed by atoms with Crippen LogP contribution >= 0.6 is 0 Å². The Labute approximate surface area is 106 Å². The fourth-order valence-corrected chi connectivity index (χ4v) is 1.81. The van der Waals surface area contributed by atoms with Crippen molar-refractivity contribution in [3.05, 3.63) is 84.3 Å². The maximum absolute atomic E-state index is 12.9. The molecular formula is C16H13F2. The molecule has 2 aromatic rings. The summed E-state index contributed by atoms with van der Waals surface area (Å²) in [6.45, 7) is 3.79. The number of hydrogen-bond donors (Lipinski definition) is 0. The van der Waals surface area contributed by atoms with Gasteiger partial charge in [-0.2, -0.15) is 0 Å². The number of hydrogen-bond acceptors (Lipinski definition) is 0. The maximum Gasteiger partial charge on any atom is 0.123 e. The molecule has 0 aliphatic heterocycles. The molecule has 0 aliphatic rings. The Morgan fingerprint density at radius 1 is 0.833 bits per heavy atom. The average molecular weight is 243 g/mol. The van der Waals surface area contributed by atoms with Crippen LogP contribution in [0.5, 0.6) is 0 Å². The molecule has 2 rings (SSSR count). The number of benzene rings is 2. The average Bonchev–Trinajstić information content (AvgIpc) is 2.39. The topological polar surface area (TPSA) is 0 Å². The third kappa shape index (κ3) is 2.83. The molecule has 0 atom stereocenters. The summed E-state index contributed by atoms with van der Waals surface area (Å²) in [6.07, 6.45) is 2.56. The zero-order valence-corrected chi connectivity index (χ0v) is 9.87. The van der Waals surface area contributed by atoms with Crippen molar-refractivity contribution in [2.75, 3.05) is 0 Å². The molecule has 0 amide bonds. The maximum atomic E-state index is 12.9. The highest BCUT2D eigenvalue weighted by atomic mass is 19.1. The summed E-state index contributed by atoms with van der Waals surface area (Å²) in [4.78, 5) is 0. The van der Waals surface area contributed by atoms with E-state index in [2.05, 4.69) is 6.92 Å². The van der Waals surface area contributed by atoms with Gasteiger partial charge in [-0.3, -0.25) is 0 Å². The predicted molar refractivity (Wildman–Crippen MR) is 69.9 cm³/mol. The van der Waals surface area contributed by atoms with Gasteiger partial charge in [0.15, 0.2) is 0 Å². The van der Waals surface area contributed by atoms with E-state index in [0.29, 0.717) is 6.42 Å². The van der Waals surface area contributed by atoms with Crippen LogP contribution in [-0.4, -0.2) is 0 Å². The molecule has 2 aromatic carbocycles. The van der Waals surface area contributed by atoms with Crippen molar-refractivity contribution in [3.8, 4) is 0 Å². The summed E-state index contributed by atoms with van der Waals surface area (Å²) < 4.78 is 25.8. The Bertz CT molecular complexity index is 489. The Morgan fingerprint density at radius 2 is 1.22 bits per heavy atom. The molecule has 0 aromatic heterocycles. The van der Waals surface area contributed by atoms with Crippen LogP contribution in [0.1, 0.15) is 17.5 Å². The summed E-state index contributed by atoms with van der Waals surface area (Å²) in [6, 6.07) is 12.5. The van der Waals surface area contributed by atoms with E-state index in [0.717, 1.165) is 16.7 Å². The third-order valence-corrected chi connectivity index (χ3v) is 2.66. The highest BCUT2D eigenvalue weighted by Crippen LogP contribution is 2.24. The molecule has 18 heavy (non-hydrogen) atoms. The van der Waals surface area contributed by atoms with Crippen LogP contribution in [-0.2, 0) is 0 Å². The molecule has 0 aliphatic carbocycles. The lowest BCUT2D eigenvalue weighted by atomic mass is 9.97. The smallest absolute Gasteiger partial charge is 0.123 e. The molecule has 0 saturated carbocycles. The Balaban J connectivity index is 2.43. The van der Waals surface area contributed by atoms with Crippen LogP contribution < -0.4 is 0 Å². The van der Waals surface area contributed by atoms with Gasteiger partial charge in [-0.05, 0) is 54.3 Å². The van der Waals surface area contributed by atoms with Crippen LogP contribution in [0.4, 0.5) is 8.78 Å². The summed E-state index contributed by atoms with van der Waals surface area (Å²) in [5.74, 6) is -0.543. The van der Waals surface area contributed by atoms with Crippen molar-refractivity contribution in [2.24, 2.45) is 0 Å². The van der Waals surface area contributed by atoms with Gasteiger partial charge in [0, 0.05) is 0 Å². The molecule has 2 heteroatoms. The van der Waals surface area contributed by atoms with Gasteiger partial charge in [0.25, 0.3) is 0 Å². The SMILES string of the molecule is [CH2]CC=C(c1ccc(F)cc1)c1ccc(F)cc1. The first-order valence-electron chi connectivity index (χ1n) is 5.72. The molecule has 0 bridgehead atoms. The third-order valence-electron chi connectivity index (χ3n) is 2.66. The van der Waals surface area contributed by atoms with E-state index < -0.39 is 0 Å². The van der Waals surface area contributed by atoms with Gasteiger partial charge >= 0.3 is 0 Å². The minimum atomic E-state index is -0.271. The van der Waals surface area contributed by atoms with E-state index in [1.54, 1.807) is 24.3 Å². The number of allylic oxidation sites excluding steroid dienone is 1. The first-order valence-corrected chi connectivity index (χ1v) is 5.72. The molecule has 1 radical (unpaired) electrons. The van der Waals surface area contributed by atoms with Gasteiger partial charge in [-0.1, -0.05) is 30.3 Å². The zero-order chi connectivity index (χ0) is 13.0. The lowest BCUT2D eigenvalue weighted by Gasteiger charge is -2.08. The van der Waals surface area contributed by atoms with E-state index in [-0.39, 0.29) is 11.6 Å². The minimum Gasteiger partial charge on any atom is -0.207 e. The van der Waals surface area contributed by atoms with Gasteiger partial charge in [-0.15, -0.1) is 0 Å². The fraction of sp³-hybridized carbons (Fsp3) is 0.0625. The largest absolute Gasteiger partial charge is 0.207 e. The molecular weight excluding hydrogens is 230 g/mol. The molecule has 0 saturated heterocycles. The lowest BCUT2D eigenvalue weighted by Crippen LogP contribution is -1.89. The molecule has 0 spiro atoms. The molecule has 0 heterocycles. The fourth-order valence-electron chi connectivity index (χ4n) is 1.81. The first-order chi connectivity index (χ1) is 8.70. The normalized spacial score (nSPS) is 10.2. The lowest BCUT2D eigenvalue weighted by molar-refractivity contribution is 0.627. The van der Waals surface area contributed by atoms with Crippen molar-refractivity contribution in [1.29, 1.82) is 0 Å². The Hall–Kier alpha value is -1.96. The van der Waals surface area contributed by atoms with E-state index in [1.165, 1.54) is 24.3 Å². The second-order valence-electron chi connectivity index (χ2n) is 3.92. The van der Waals surface area contributed by atoms with Gasteiger partial charge in [0.2, 0.25) is 0 Å². The van der Waals surface area contributed by atoms with Gasteiger partial charge < -0.3 is 0 Å². The van der Waals surface area contributed by atoms with E-state index in [1.807, 2.05) is 6.08 Å². The second kappa shape index (κ2) is 5.58. The number of halogens is 2. The molecule has 0 unspecified atom stereocenters. The Kier molecular flexibility index (Phi) is 3.88. The van der Waals surface area contributed by atoms with E-state index >= 15 is 0 Å². The summed E-state index contributed by atoms with van der Waals surface area (Å²) in [5.41, 5.74) is 2.73. The zero-order valence-electron chi connectivity index (χ0n) is 9.87. The number of rotatable bonds is 3. The summed E-state index contributed by atoms with van der Waals surface area (Å²) >= 11 is 0. The minimum absolute atomic E-state index is 0.271.